The van der Waals surface area contributed by atoms with Gasteiger partial charge < -0.3 is 15.4 Å². The maximum atomic E-state index is 12.5. The Kier molecular flexibility index (Phi) is 5.73. The van der Waals surface area contributed by atoms with Crippen molar-refractivity contribution in [2.24, 2.45) is 5.73 Å². The van der Waals surface area contributed by atoms with Gasteiger partial charge in [-0.2, -0.15) is 0 Å². The van der Waals surface area contributed by atoms with E-state index < -0.39 is 6.04 Å². The van der Waals surface area contributed by atoms with Crippen molar-refractivity contribution in [3.63, 3.8) is 0 Å². The molecule has 1 aliphatic rings. The topological polar surface area (TPSA) is 58.8 Å². The fraction of sp³-hybridized carbons (Fsp3) is 0.562. The first-order valence-electron chi connectivity index (χ1n) is 7.45. The minimum Gasteiger partial charge on any atom is -0.383 e. The molecule has 116 valence electrons. The van der Waals surface area contributed by atoms with Crippen molar-refractivity contribution in [3.8, 4) is 0 Å². The third-order valence-corrected chi connectivity index (χ3v) is 4.08. The molecule has 1 amide bonds. The second-order valence-electron chi connectivity index (χ2n) is 5.55. The molecular weight excluding hydrogens is 266 g/mol. The highest BCUT2D eigenvalue weighted by atomic mass is 16.5. The summed E-state index contributed by atoms with van der Waals surface area (Å²) in [6.45, 7) is 6.10. The van der Waals surface area contributed by atoms with Crippen molar-refractivity contribution in [3.05, 3.63) is 35.9 Å². The van der Waals surface area contributed by atoms with E-state index in [-0.39, 0.29) is 5.91 Å². The van der Waals surface area contributed by atoms with Crippen LogP contribution in [0.5, 0.6) is 0 Å². The Balaban J connectivity index is 1.93. The first-order chi connectivity index (χ1) is 10.1. The summed E-state index contributed by atoms with van der Waals surface area (Å²) in [4.78, 5) is 16.8. The van der Waals surface area contributed by atoms with Gasteiger partial charge in [-0.25, -0.2) is 0 Å². The van der Waals surface area contributed by atoms with Crippen molar-refractivity contribution in [1.29, 1.82) is 0 Å². The second-order valence-corrected chi connectivity index (χ2v) is 5.55. The van der Waals surface area contributed by atoms with Gasteiger partial charge in [0.2, 0.25) is 5.91 Å². The lowest BCUT2D eigenvalue weighted by molar-refractivity contribution is -0.135. The van der Waals surface area contributed by atoms with Gasteiger partial charge in [0.15, 0.2) is 0 Å². The summed E-state index contributed by atoms with van der Waals surface area (Å²) in [5.74, 6) is 0.0134. The molecule has 2 N–H and O–H groups in total. The Bertz CT molecular complexity index is 452. The molecular formula is C16H25N3O2. The van der Waals surface area contributed by atoms with Gasteiger partial charge in [-0.1, -0.05) is 30.3 Å². The molecule has 0 saturated carbocycles. The number of methoxy groups -OCH3 is 1. The molecule has 21 heavy (non-hydrogen) atoms. The lowest BCUT2D eigenvalue weighted by atomic mass is 10.1. The molecule has 0 aromatic heterocycles. The standard InChI is InChI=1S/C16H25N3O2/c1-13-12-19(9-8-18(13)10-11-21-2)16(20)15(17)14-6-4-3-5-7-14/h3-7,13,15H,8-12,17H2,1-2H3. The molecule has 5 nitrogen and oxygen atoms in total. The Labute approximate surface area is 126 Å². The van der Waals surface area contributed by atoms with E-state index in [1.807, 2.05) is 35.2 Å². The van der Waals surface area contributed by atoms with Crippen LogP contribution in [0.25, 0.3) is 0 Å². The zero-order chi connectivity index (χ0) is 15.2. The maximum Gasteiger partial charge on any atom is 0.244 e. The van der Waals surface area contributed by atoms with Crippen LogP contribution < -0.4 is 5.73 Å². The quantitative estimate of drug-likeness (QED) is 0.874. The fourth-order valence-electron chi connectivity index (χ4n) is 2.74. The maximum absolute atomic E-state index is 12.5. The smallest absolute Gasteiger partial charge is 0.244 e. The normalized spacial score (nSPS) is 21.3. The molecule has 1 aromatic carbocycles. The van der Waals surface area contributed by atoms with Crippen molar-refractivity contribution in [1.82, 2.24) is 9.80 Å². The zero-order valence-corrected chi connectivity index (χ0v) is 12.9. The fourth-order valence-corrected chi connectivity index (χ4v) is 2.74. The number of nitrogens with zero attached hydrogens (tertiary/aromatic N) is 2. The van der Waals surface area contributed by atoms with Gasteiger partial charge in [0.1, 0.15) is 6.04 Å². The third-order valence-electron chi connectivity index (χ3n) is 4.08. The predicted octanol–water partition coefficient (Wildman–Crippen LogP) is 0.866. The van der Waals surface area contributed by atoms with E-state index in [1.165, 1.54) is 0 Å². The van der Waals surface area contributed by atoms with Crippen LogP contribution in [0.2, 0.25) is 0 Å². The van der Waals surface area contributed by atoms with Crippen LogP contribution in [-0.4, -0.2) is 61.6 Å². The number of amides is 1. The molecule has 1 aliphatic heterocycles. The summed E-state index contributed by atoms with van der Waals surface area (Å²) in [6, 6.07) is 9.32. The number of nitrogens with two attached hydrogens (primary N) is 1. The summed E-state index contributed by atoms with van der Waals surface area (Å²) < 4.78 is 5.12. The van der Waals surface area contributed by atoms with Gasteiger partial charge in [-0.3, -0.25) is 9.69 Å². The molecule has 1 heterocycles. The Morgan fingerprint density at radius 1 is 1.38 bits per heavy atom. The van der Waals surface area contributed by atoms with Gasteiger partial charge in [0.05, 0.1) is 6.61 Å². The first-order valence-corrected chi connectivity index (χ1v) is 7.45. The largest absolute Gasteiger partial charge is 0.383 e. The van der Waals surface area contributed by atoms with E-state index in [4.69, 9.17) is 10.5 Å². The summed E-state index contributed by atoms with van der Waals surface area (Å²) in [6.07, 6.45) is 0. The van der Waals surface area contributed by atoms with Crippen molar-refractivity contribution in [2.75, 3.05) is 39.9 Å². The first kappa shape index (κ1) is 15.9. The molecule has 1 saturated heterocycles. The molecule has 5 heteroatoms. The number of carbonyl (C=O) groups is 1. The Hall–Kier alpha value is -1.43. The van der Waals surface area contributed by atoms with Crippen LogP contribution in [-0.2, 0) is 9.53 Å². The van der Waals surface area contributed by atoms with E-state index in [2.05, 4.69) is 11.8 Å². The number of benzene rings is 1. The highest BCUT2D eigenvalue weighted by Crippen LogP contribution is 2.16. The minimum atomic E-state index is -0.566. The van der Waals surface area contributed by atoms with Crippen LogP contribution in [0.1, 0.15) is 18.5 Å². The molecule has 0 bridgehead atoms. The summed E-state index contributed by atoms with van der Waals surface area (Å²) in [5, 5.41) is 0. The summed E-state index contributed by atoms with van der Waals surface area (Å²) in [7, 11) is 1.71. The van der Waals surface area contributed by atoms with E-state index in [0.29, 0.717) is 6.04 Å². The second kappa shape index (κ2) is 7.54. The lowest BCUT2D eigenvalue weighted by Gasteiger charge is -2.40. The van der Waals surface area contributed by atoms with Gasteiger partial charge in [0.25, 0.3) is 0 Å². The van der Waals surface area contributed by atoms with Gasteiger partial charge in [0, 0.05) is 39.3 Å². The molecule has 2 atom stereocenters. The van der Waals surface area contributed by atoms with Crippen LogP contribution in [0.15, 0.2) is 30.3 Å². The van der Waals surface area contributed by atoms with E-state index in [0.717, 1.165) is 38.3 Å². The molecule has 2 rings (SSSR count). The third kappa shape index (κ3) is 4.03. The SMILES string of the molecule is COCCN1CCN(C(=O)C(N)c2ccccc2)CC1C. The molecule has 1 aromatic rings. The van der Waals surface area contributed by atoms with E-state index in [1.54, 1.807) is 7.11 Å². The van der Waals surface area contributed by atoms with Crippen molar-refractivity contribution < 1.29 is 9.53 Å². The molecule has 0 aliphatic carbocycles. The average molecular weight is 291 g/mol. The number of hydrogen-bond donors (Lipinski definition) is 1. The van der Waals surface area contributed by atoms with Crippen LogP contribution in [0.4, 0.5) is 0 Å². The number of piperazine rings is 1. The van der Waals surface area contributed by atoms with Gasteiger partial charge >= 0.3 is 0 Å². The molecule has 0 spiro atoms. The molecule has 1 fully saturated rings. The van der Waals surface area contributed by atoms with Crippen LogP contribution in [0.3, 0.4) is 0 Å². The summed E-state index contributed by atoms with van der Waals surface area (Å²) in [5.41, 5.74) is 6.98. The predicted molar refractivity (Wildman–Crippen MR) is 82.9 cm³/mol. The Morgan fingerprint density at radius 2 is 2.10 bits per heavy atom. The number of rotatable bonds is 5. The number of hydrogen-bond acceptors (Lipinski definition) is 4. The monoisotopic (exact) mass is 291 g/mol. The van der Waals surface area contributed by atoms with Crippen molar-refractivity contribution >= 4 is 5.91 Å². The van der Waals surface area contributed by atoms with Crippen LogP contribution >= 0.6 is 0 Å². The number of ether oxygens (including phenoxy) is 1. The van der Waals surface area contributed by atoms with E-state index in [9.17, 15) is 4.79 Å². The molecule has 0 radical (unpaired) electrons. The van der Waals surface area contributed by atoms with Gasteiger partial charge in [-0.05, 0) is 12.5 Å². The zero-order valence-electron chi connectivity index (χ0n) is 12.9. The van der Waals surface area contributed by atoms with Gasteiger partial charge in [-0.15, -0.1) is 0 Å². The highest BCUT2D eigenvalue weighted by molar-refractivity contribution is 5.83. The highest BCUT2D eigenvalue weighted by Gasteiger charge is 2.29. The Morgan fingerprint density at radius 3 is 2.71 bits per heavy atom. The average Bonchev–Trinajstić information content (AvgIpc) is 2.53. The van der Waals surface area contributed by atoms with Crippen LogP contribution in [0, 0.1) is 0 Å². The van der Waals surface area contributed by atoms with E-state index >= 15 is 0 Å². The lowest BCUT2D eigenvalue weighted by Crippen LogP contribution is -2.55. The summed E-state index contributed by atoms with van der Waals surface area (Å²) >= 11 is 0. The van der Waals surface area contributed by atoms with Crippen molar-refractivity contribution in [2.45, 2.75) is 19.0 Å². The molecule has 2 unspecified atom stereocenters. The minimum absolute atomic E-state index is 0.0134. The number of carbonyl (C=O) groups excluding carboxylic acids is 1.